The first-order valence-corrected chi connectivity index (χ1v) is 11.1. The molecule has 9 heteroatoms. The van der Waals surface area contributed by atoms with Crippen molar-refractivity contribution in [1.82, 2.24) is 9.80 Å². The topological polar surface area (TPSA) is 110 Å². The van der Waals surface area contributed by atoms with E-state index in [9.17, 15) is 24.0 Å². The maximum absolute atomic E-state index is 13.4. The van der Waals surface area contributed by atoms with E-state index >= 15 is 0 Å². The zero-order valence-corrected chi connectivity index (χ0v) is 19.2. The first-order valence-electron chi connectivity index (χ1n) is 11.1. The quantitative estimate of drug-likeness (QED) is 0.326. The smallest absolute Gasteiger partial charge is 0.328 e. The standard InChI is InChI=1S/C26H24N2O7/c1-34-21(29)15-14-20(26(33)35-2)27-19(13-12-16-8-4-3-5-9-16)22(25(27)32)28-23(30)17-10-6-7-11-18(17)24(28)31/h3-13,19-20,22H,14-15H2,1-2H3/b13-12+/t19-,20+,22+/m1/s1. The second-order valence-corrected chi connectivity index (χ2v) is 8.13. The van der Waals surface area contributed by atoms with Crippen molar-refractivity contribution in [3.05, 3.63) is 77.4 Å². The van der Waals surface area contributed by atoms with Crippen molar-refractivity contribution in [3.8, 4) is 0 Å². The Balaban J connectivity index is 1.69. The Bertz CT molecular complexity index is 1170. The molecule has 180 valence electrons. The molecule has 2 aliphatic rings. The Hall–Kier alpha value is -4.27. The predicted molar refractivity (Wildman–Crippen MR) is 124 cm³/mol. The fraction of sp³-hybridized carbons (Fsp3) is 0.269. The van der Waals surface area contributed by atoms with Crippen LogP contribution in [0.1, 0.15) is 39.1 Å². The predicted octanol–water partition coefficient (Wildman–Crippen LogP) is 2.07. The van der Waals surface area contributed by atoms with E-state index in [-0.39, 0.29) is 24.0 Å². The van der Waals surface area contributed by atoms with Gasteiger partial charge in [-0.1, -0.05) is 54.6 Å². The molecule has 3 amide bonds. The number of β-lactam (4-membered cyclic amide) rings is 1. The van der Waals surface area contributed by atoms with Crippen LogP contribution in [0.25, 0.3) is 6.08 Å². The summed E-state index contributed by atoms with van der Waals surface area (Å²) in [6, 6.07) is 12.6. The zero-order chi connectivity index (χ0) is 25.1. The Morgan fingerprint density at radius 1 is 0.914 bits per heavy atom. The summed E-state index contributed by atoms with van der Waals surface area (Å²) in [5, 5.41) is 0. The van der Waals surface area contributed by atoms with E-state index in [1.165, 1.54) is 19.1 Å². The van der Waals surface area contributed by atoms with Gasteiger partial charge in [0.2, 0.25) is 5.91 Å². The largest absolute Gasteiger partial charge is 0.469 e. The summed E-state index contributed by atoms with van der Waals surface area (Å²) in [6.45, 7) is 0. The number of carbonyl (C=O) groups excluding carboxylic acids is 5. The summed E-state index contributed by atoms with van der Waals surface area (Å²) in [5.74, 6) is -2.96. The molecular formula is C26H24N2O7. The average molecular weight is 476 g/mol. The molecule has 0 bridgehead atoms. The van der Waals surface area contributed by atoms with Crippen LogP contribution >= 0.6 is 0 Å². The second-order valence-electron chi connectivity index (χ2n) is 8.13. The van der Waals surface area contributed by atoms with E-state index in [0.717, 1.165) is 10.5 Å². The highest BCUT2D eigenvalue weighted by Crippen LogP contribution is 2.36. The molecule has 0 spiro atoms. The van der Waals surface area contributed by atoms with Crippen molar-refractivity contribution in [3.63, 3.8) is 0 Å². The van der Waals surface area contributed by atoms with Gasteiger partial charge in [0.15, 0.2) is 0 Å². The number of methoxy groups -OCH3 is 2. The summed E-state index contributed by atoms with van der Waals surface area (Å²) in [6.07, 6.45) is 3.28. The number of nitrogens with zero attached hydrogens (tertiary/aromatic N) is 2. The second kappa shape index (κ2) is 9.92. The summed E-state index contributed by atoms with van der Waals surface area (Å²) in [5.41, 5.74) is 1.28. The van der Waals surface area contributed by atoms with Crippen LogP contribution in [0.5, 0.6) is 0 Å². The lowest BCUT2D eigenvalue weighted by Gasteiger charge is -2.51. The van der Waals surface area contributed by atoms with Crippen LogP contribution in [0.15, 0.2) is 60.7 Å². The number of amides is 3. The number of ether oxygens (including phenoxy) is 2. The van der Waals surface area contributed by atoms with Crippen molar-refractivity contribution in [1.29, 1.82) is 0 Å². The Labute approximate surface area is 201 Å². The van der Waals surface area contributed by atoms with Crippen molar-refractivity contribution in [2.75, 3.05) is 14.2 Å². The lowest BCUT2D eigenvalue weighted by Crippen LogP contribution is -2.74. The number of likely N-dealkylation sites (tertiary alicyclic amines) is 1. The Morgan fingerprint density at radius 2 is 1.51 bits per heavy atom. The molecule has 2 aromatic rings. The van der Waals surface area contributed by atoms with Gasteiger partial charge in [-0.15, -0.1) is 0 Å². The van der Waals surface area contributed by atoms with Gasteiger partial charge in [-0.3, -0.25) is 24.1 Å². The Kier molecular flexibility index (Phi) is 6.77. The van der Waals surface area contributed by atoms with Crippen LogP contribution < -0.4 is 0 Å². The summed E-state index contributed by atoms with van der Waals surface area (Å²) in [4.78, 5) is 66.1. The van der Waals surface area contributed by atoms with Crippen LogP contribution in [-0.4, -0.2) is 71.8 Å². The lowest BCUT2D eigenvalue weighted by atomic mass is 9.88. The van der Waals surface area contributed by atoms with Gasteiger partial charge in [-0.25, -0.2) is 4.79 Å². The number of benzene rings is 2. The summed E-state index contributed by atoms with van der Waals surface area (Å²) in [7, 11) is 2.42. The van der Waals surface area contributed by atoms with Crippen LogP contribution in [0.4, 0.5) is 0 Å². The van der Waals surface area contributed by atoms with Gasteiger partial charge in [-0.2, -0.15) is 0 Å². The number of fused-ring (bicyclic) bond motifs is 1. The van der Waals surface area contributed by atoms with Gasteiger partial charge in [0.1, 0.15) is 12.1 Å². The molecule has 0 N–H and O–H groups in total. The monoisotopic (exact) mass is 476 g/mol. The lowest BCUT2D eigenvalue weighted by molar-refractivity contribution is -0.168. The Morgan fingerprint density at radius 3 is 2.09 bits per heavy atom. The van der Waals surface area contributed by atoms with Gasteiger partial charge < -0.3 is 14.4 Å². The number of hydrogen-bond donors (Lipinski definition) is 0. The molecule has 3 atom stereocenters. The van der Waals surface area contributed by atoms with Crippen LogP contribution in [0, 0.1) is 0 Å². The van der Waals surface area contributed by atoms with Gasteiger partial charge in [0, 0.05) is 6.42 Å². The zero-order valence-electron chi connectivity index (χ0n) is 19.2. The molecule has 1 saturated heterocycles. The minimum Gasteiger partial charge on any atom is -0.469 e. The molecule has 0 saturated carbocycles. The molecule has 1 fully saturated rings. The number of carbonyl (C=O) groups is 5. The van der Waals surface area contributed by atoms with Crippen LogP contribution in [-0.2, 0) is 23.9 Å². The van der Waals surface area contributed by atoms with E-state index in [1.54, 1.807) is 36.4 Å². The van der Waals surface area contributed by atoms with Crippen LogP contribution in [0.2, 0.25) is 0 Å². The molecular weight excluding hydrogens is 452 g/mol. The molecule has 0 unspecified atom stereocenters. The maximum Gasteiger partial charge on any atom is 0.328 e. The molecule has 35 heavy (non-hydrogen) atoms. The highest BCUT2D eigenvalue weighted by Gasteiger charge is 2.58. The molecule has 0 radical (unpaired) electrons. The first kappa shape index (κ1) is 23.9. The molecule has 2 aromatic carbocycles. The SMILES string of the molecule is COC(=O)CC[C@@H](C(=O)OC)N1C(=O)[C@@H](N2C(=O)c3ccccc3C2=O)[C@H]1/C=C/c1ccccc1. The van der Waals surface area contributed by atoms with Crippen molar-refractivity contribution >= 4 is 35.7 Å². The molecule has 9 nitrogen and oxygen atoms in total. The van der Waals surface area contributed by atoms with Crippen molar-refractivity contribution in [2.24, 2.45) is 0 Å². The van der Waals surface area contributed by atoms with Gasteiger partial charge in [0.05, 0.1) is 31.4 Å². The van der Waals surface area contributed by atoms with Gasteiger partial charge >= 0.3 is 11.9 Å². The van der Waals surface area contributed by atoms with Crippen molar-refractivity contribution in [2.45, 2.75) is 31.0 Å². The minimum absolute atomic E-state index is 0.0321. The molecule has 0 aliphatic carbocycles. The molecule has 4 rings (SSSR count). The van der Waals surface area contributed by atoms with E-state index in [1.807, 2.05) is 30.3 Å². The van der Waals surface area contributed by atoms with Crippen molar-refractivity contribution < 1.29 is 33.4 Å². The van der Waals surface area contributed by atoms with E-state index in [4.69, 9.17) is 4.74 Å². The molecule has 2 aliphatic heterocycles. The maximum atomic E-state index is 13.4. The highest BCUT2D eigenvalue weighted by molar-refractivity contribution is 6.23. The summed E-state index contributed by atoms with van der Waals surface area (Å²) < 4.78 is 9.56. The first-order chi connectivity index (χ1) is 16.9. The average Bonchev–Trinajstić information content (AvgIpc) is 3.13. The number of imide groups is 1. The number of rotatable bonds is 8. The molecule has 2 heterocycles. The normalized spacial score (nSPS) is 20.0. The third-order valence-electron chi connectivity index (χ3n) is 6.20. The van der Waals surface area contributed by atoms with Crippen LogP contribution in [0.3, 0.4) is 0 Å². The summed E-state index contributed by atoms with van der Waals surface area (Å²) >= 11 is 0. The van der Waals surface area contributed by atoms with Gasteiger partial charge in [0.25, 0.3) is 11.8 Å². The number of esters is 2. The third kappa shape index (κ3) is 4.32. The third-order valence-corrected chi connectivity index (χ3v) is 6.20. The number of hydrogen-bond acceptors (Lipinski definition) is 7. The van der Waals surface area contributed by atoms with Gasteiger partial charge in [-0.05, 0) is 24.1 Å². The fourth-order valence-electron chi connectivity index (χ4n) is 4.44. The fourth-order valence-corrected chi connectivity index (χ4v) is 4.44. The minimum atomic E-state index is -1.13. The highest BCUT2D eigenvalue weighted by atomic mass is 16.5. The van der Waals surface area contributed by atoms with E-state index < -0.39 is 47.8 Å². The van der Waals surface area contributed by atoms with E-state index in [2.05, 4.69) is 4.74 Å². The van der Waals surface area contributed by atoms with E-state index in [0.29, 0.717) is 0 Å². The molecule has 0 aromatic heterocycles.